The predicted molar refractivity (Wildman–Crippen MR) is 77.2 cm³/mol. The third kappa shape index (κ3) is 3.06. The fourth-order valence-electron chi connectivity index (χ4n) is 2.08. The number of hydrogen-bond donors (Lipinski definition) is 0. The van der Waals surface area contributed by atoms with Crippen LogP contribution >= 0.6 is 0 Å². The van der Waals surface area contributed by atoms with E-state index in [0.29, 0.717) is 0 Å². The molecule has 2 aromatic rings. The Morgan fingerprint density at radius 3 is 2.78 bits per heavy atom. The lowest BCUT2D eigenvalue weighted by atomic mass is 10.1. The molecular formula is C16H23NO. The maximum Gasteiger partial charge on any atom is 0.120 e. The lowest BCUT2D eigenvalue weighted by molar-refractivity contribution is 0.318. The summed E-state index contributed by atoms with van der Waals surface area (Å²) in [4.78, 5) is 0. The molecule has 0 aliphatic heterocycles. The average Bonchev–Trinajstić information content (AvgIpc) is 2.76. The summed E-state index contributed by atoms with van der Waals surface area (Å²) in [7, 11) is 0. The lowest BCUT2D eigenvalue weighted by Crippen LogP contribution is -2.00. The molecule has 0 N–H and O–H groups in total. The second-order valence-electron chi connectivity index (χ2n) is 5.26. The van der Waals surface area contributed by atoms with Crippen molar-refractivity contribution in [3.8, 4) is 5.75 Å². The minimum absolute atomic E-state index is 0.745. The third-order valence-electron chi connectivity index (χ3n) is 3.16. The van der Waals surface area contributed by atoms with Crippen LogP contribution in [0.25, 0.3) is 10.9 Å². The van der Waals surface area contributed by atoms with Gasteiger partial charge in [-0.25, -0.2) is 0 Å². The third-order valence-corrected chi connectivity index (χ3v) is 3.16. The number of aryl methyl sites for hydroxylation is 1. The van der Waals surface area contributed by atoms with Crippen LogP contribution in [-0.4, -0.2) is 11.2 Å². The standard InChI is InChI=1S/C16H23NO/c1-4-11-18-15-5-6-16-14(12-15)8-10-17(16)9-7-13(2)3/h5-6,8,10,12-13H,4,7,9,11H2,1-3H3. The molecule has 0 aliphatic carbocycles. The largest absolute Gasteiger partial charge is 0.494 e. The van der Waals surface area contributed by atoms with Gasteiger partial charge < -0.3 is 9.30 Å². The van der Waals surface area contributed by atoms with Crippen LogP contribution < -0.4 is 4.74 Å². The van der Waals surface area contributed by atoms with Gasteiger partial charge in [0.2, 0.25) is 0 Å². The SMILES string of the molecule is CCCOc1ccc2c(ccn2CCC(C)C)c1. The van der Waals surface area contributed by atoms with E-state index in [1.165, 1.54) is 17.3 Å². The van der Waals surface area contributed by atoms with Crippen LogP contribution in [0.2, 0.25) is 0 Å². The normalized spacial score (nSPS) is 11.3. The van der Waals surface area contributed by atoms with Crippen molar-refractivity contribution in [1.82, 2.24) is 4.57 Å². The Hall–Kier alpha value is -1.44. The van der Waals surface area contributed by atoms with Gasteiger partial charge in [-0.05, 0) is 43.0 Å². The molecule has 0 spiro atoms. The zero-order valence-corrected chi connectivity index (χ0v) is 11.6. The van der Waals surface area contributed by atoms with E-state index in [9.17, 15) is 0 Å². The smallest absolute Gasteiger partial charge is 0.120 e. The Bertz CT molecular complexity index is 499. The predicted octanol–water partition coefficient (Wildman–Crippen LogP) is 4.48. The zero-order chi connectivity index (χ0) is 13.0. The Kier molecular flexibility index (Phi) is 4.29. The molecule has 0 atom stereocenters. The molecule has 0 fully saturated rings. The highest BCUT2D eigenvalue weighted by Gasteiger charge is 2.03. The number of aromatic nitrogens is 1. The van der Waals surface area contributed by atoms with E-state index in [1.54, 1.807) is 0 Å². The van der Waals surface area contributed by atoms with Crippen molar-refractivity contribution in [2.24, 2.45) is 5.92 Å². The van der Waals surface area contributed by atoms with Gasteiger partial charge in [-0.1, -0.05) is 20.8 Å². The highest BCUT2D eigenvalue weighted by atomic mass is 16.5. The molecule has 0 aliphatic rings. The summed E-state index contributed by atoms with van der Waals surface area (Å²) < 4.78 is 7.99. The van der Waals surface area contributed by atoms with Gasteiger partial charge in [0.1, 0.15) is 5.75 Å². The van der Waals surface area contributed by atoms with Crippen molar-refractivity contribution in [2.75, 3.05) is 6.61 Å². The topological polar surface area (TPSA) is 14.2 Å². The summed E-state index contributed by atoms with van der Waals surface area (Å²) in [6.07, 6.45) is 4.45. The van der Waals surface area contributed by atoms with Gasteiger partial charge in [-0.2, -0.15) is 0 Å². The molecule has 2 nitrogen and oxygen atoms in total. The van der Waals surface area contributed by atoms with Crippen LogP contribution in [0, 0.1) is 5.92 Å². The summed E-state index contributed by atoms with van der Waals surface area (Å²) in [6, 6.07) is 8.55. The summed E-state index contributed by atoms with van der Waals surface area (Å²) in [5, 5.41) is 1.27. The summed E-state index contributed by atoms with van der Waals surface area (Å²) in [6.45, 7) is 8.54. The highest BCUT2D eigenvalue weighted by molar-refractivity contribution is 5.81. The van der Waals surface area contributed by atoms with Crippen molar-refractivity contribution >= 4 is 10.9 Å². The van der Waals surface area contributed by atoms with Crippen LogP contribution in [0.5, 0.6) is 5.75 Å². The molecule has 1 aromatic carbocycles. The molecule has 1 heterocycles. The second kappa shape index (κ2) is 5.94. The van der Waals surface area contributed by atoms with Crippen LogP contribution in [0.15, 0.2) is 30.5 Å². The van der Waals surface area contributed by atoms with Crippen molar-refractivity contribution in [3.05, 3.63) is 30.5 Å². The van der Waals surface area contributed by atoms with Gasteiger partial charge >= 0.3 is 0 Å². The van der Waals surface area contributed by atoms with Crippen LogP contribution in [0.4, 0.5) is 0 Å². The molecule has 0 saturated heterocycles. The molecule has 2 heteroatoms. The summed E-state index contributed by atoms with van der Waals surface area (Å²) >= 11 is 0. The zero-order valence-electron chi connectivity index (χ0n) is 11.6. The quantitative estimate of drug-likeness (QED) is 0.732. The first-order valence-corrected chi connectivity index (χ1v) is 6.92. The summed E-state index contributed by atoms with van der Waals surface area (Å²) in [5.74, 6) is 1.72. The monoisotopic (exact) mass is 245 g/mol. The molecule has 1 aromatic heterocycles. The van der Waals surface area contributed by atoms with Crippen molar-refractivity contribution in [2.45, 2.75) is 40.2 Å². The fourth-order valence-corrected chi connectivity index (χ4v) is 2.08. The van der Waals surface area contributed by atoms with E-state index in [2.05, 4.69) is 55.8 Å². The Morgan fingerprint density at radius 1 is 1.22 bits per heavy atom. The Morgan fingerprint density at radius 2 is 2.06 bits per heavy atom. The molecule has 0 saturated carbocycles. The van der Waals surface area contributed by atoms with Crippen LogP contribution in [-0.2, 0) is 6.54 Å². The number of fused-ring (bicyclic) bond motifs is 1. The lowest BCUT2D eigenvalue weighted by Gasteiger charge is -2.08. The minimum Gasteiger partial charge on any atom is -0.494 e. The van der Waals surface area contributed by atoms with Crippen molar-refractivity contribution in [1.29, 1.82) is 0 Å². The highest BCUT2D eigenvalue weighted by Crippen LogP contribution is 2.22. The first-order chi connectivity index (χ1) is 8.70. The maximum absolute atomic E-state index is 5.66. The molecule has 0 radical (unpaired) electrons. The summed E-state index contributed by atoms with van der Waals surface area (Å²) in [5.41, 5.74) is 1.31. The van der Waals surface area contributed by atoms with Gasteiger partial charge in [-0.15, -0.1) is 0 Å². The molecule has 2 rings (SSSR count). The number of rotatable bonds is 6. The number of ether oxygens (including phenoxy) is 1. The van der Waals surface area contributed by atoms with Gasteiger partial charge in [0.25, 0.3) is 0 Å². The van der Waals surface area contributed by atoms with Crippen molar-refractivity contribution < 1.29 is 4.74 Å². The van der Waals surface area contributed by atoms with Gasteiger partial charge in [-0.3, -0.25) is 0 Å². The number of hydrogen-bond acceptors (Lipinski definition) is 1. The molecule has 0 amide bonds. The van der Waals surface area contributed by atoms with E-state index >= 15 is 0 Å². The van der Waals surface area contributed by atoms with E-state index in [1.807, 2.05) is 0 Å². The average molecular weight is 245 g/mol. The van der Waals surface area contributed by atoms with E-state index in [0.717, 1.165) is 31.2 Å². The molecule has 0 bridgehead atoms. The van der Waals surface area contributed by atoms with Gasteiger partial charge in [0, 0.05) is 23.6 Å². The fraction of sp³-hybridized carbons (Fsp3) is 0.500. The molecular weight excluding hydrogens is 222 g/mol. The number of nitrogens with zero attached hydrogens (tertiary/aromatic N) is 1. The minimum atomic E-state index is 0.745. The molecule has 0 unspecified atom stereocenters. The van der Waals surface area contributed by atoms with E-state index in [4.69, 9.17) is 4.74 Å². The van der Waals surface area contributed by atoms with E-state index < -0.39 is 0 Å². The van der Waals surface area contributed by atoms with Gasteiger partial charge in [0.05, 0.1) is 6.61 Å². The first-order valence-electron chi connectivity index (χ1n) is 6.92. The van der Waals surface area contributed by atoms with Crippen LogP contribution in [0.1, 0.15) is 33.6 Å². The molecule has 18 heavy (non-hydrogen) atoms. The molecule has 98 valence electrons. The maximum atomic E-state index is 5.66. The Labute approximate surface area is 110 Å². The number of benzene rings is 1. The second-order valence-corrected chi connectivity index (χ2v) is 5.26. The van der Waals surface area contributed by atoms with Crippen molar-refractivity contribution in [3.63, 3.8) is 0 Å². The van der Waals surface area contributed by atoms with E-state index in [-0.39, 0.29) is 0 Å². The van der Waals surface area contributed by atoms with Gasteiger partial charge in [0.15, 0.2) is 0 Å². The Balaban J connectivity index is 2.15. The van der Waals surface area contributed by atoms with Crippen LogP contribution in [0.3, 0.4) is 0 Å². The first kappa shape index (κ1) is 13.0.